The Balaban J connectivity index is 2.24. The number of ketones is 1. The second-order valence-corrected chi connectivity index (χ2v) is 5.85. The van der Waals surface area contributed by atoms with E-state index < -0.39 is 39.7 Å². The van der Waals surface area contributed by atoms with E-state index in [2.05, 4.69) is 5.32 Å². The number of hydrogen-bond acceptors (Lipinski definition) is 6. The molecule has 7 nitrogen and oxygen atoms in total. The Morgan fingerprint density at radius 1 is 1.31 bits per heavy atom. The Bertz CT molecular complexity index is 820. The van der Waals surface area contributed by atoms with Crippen molar-refractivity contribution in [1.82, 2.24) is 10.2 Å². The minimum atomic E-state index is -5.25. The van der Waals surface area contributed by atoms with E-state index in [0.717, 1.165) is 0 Å². The van der Waals surface area contributed by atoms with Crippen molar-refractivity contribution in [2.75, 3.05) is 13.1 Å². The number of nitrogens with zero attached hydrogens (tertiary/aromatic N) is 2. The highest BCUT2D eigenvalue weighted by Gasteiger charge is 2.65. The summed E-state index contributed by atoms with van der Waals surface area (Å²) in [5.74, 6) is -1.58. The van der Waals surface area contributed by atoms with Gasteiger partial charge in [0.05, 0.1) is 10.5 Å². The van der Waals surface area contributed by atoms with Crippen LogP contribution in [0.4, 0.5) is 13.2 Å². The van der Waals surface area contributed by atoms with Gasteiger partial charge in [-0.1, -0.05) is 30.3 Å². The second kappa shape index (κ2) is 6.13. The van der Waals surface area contributed by atoms with Crippen molar-refractivity contribution in [3.63, 3.8) is 0 Å². The molecule has 2 aliphatic heterocycles. The molecule has 1 atom stereocenters. The van der Waals surface area contributed by atoms with Crippen LogP contribution in [0.3, 0.4) is 0 Å². The van der Waals surface area contributed by atoms with Crippen LogP contribution >= 0.6 is 0 Å². The van der Waals surface area contributed by atoms with Crippen LogP contribution in [-0.2, 0) is 0 Å². The molecule has 0 aromatic heterocycles. The Labute approximate surface area is 145 Å². The van der Waals surface area contributed by atoms with Gasteiger partial charge in [0.15, 0.2) is 11.6 Å². The molecule has 2 aliphatic rings. The molecule has 3 rings (SSSR count). The quantitative estimate of drug-likeness (QED) is 0.479. The fraction of sp³-hybridized carbons (Fsp3) is 0.312. The number of carbonyl (C=O) groups is 1. The zero-order chi connectivity index (χ0) is 19.1. The lowest BCUT2D eigenvalue weighted by atomic mass is 9.88. The summed E-state index contributed by atoms with van der Waals surface area (Å²) in [4.78, 5) is 23.6. The predicted molar refractivity (Wildman–Crippen MR) is 83.2 cm³/mol. The van der Waals surface area contributed by atoms with Crippen LogP contribution in [0.25, 0.3) is 0 Å². The van der Waals surface area contributed by atoms with Gasteiger partial charge >= 0.3 is 11.9 Å². The third kappa shape index (κ3) is 2.62. The number of carbonyl (C=O) groups excluding carboxylic acids is 1. The summed E-state index contributed by atoms with van der Waals surface area (Å²) in [6.07, 6.45) is -4.54. The zero-order valence-corrected chi connectivity index (χ0v) is 13.3. The van der Waals surface area contributed by atoms with Gasteiger partial charge in [-0.05, 0) is 6.42 Å². The molecule has 1 aromatic carbocycles. The van der Waals surface area contributed by atoms with Crippen molar-refractivity contribution in [2.45, 2.75) is 18.3 Å². The molecule has 0 saturated carbocycles. The summed E-state index contributed by atoms with van der Waals surface area (Å²) in [5.41, 5.74) is -5.58. The van der Waals surface area contributed by atoms with Crippen LogP contribution in [0.2, 0.25) is 0 Å². The van der Waals surface area contributed by atoms with Crippen LogP contribution in [0.5, 0.6) is 0 Å². The molecule has 0 aliphatic carbocycles. The molecule has 1 fully saturated rings. The van der Waals surface area contributed by atoms with E-state index in [4.69, 9.17) is 0 Å². The van der Waals surface area contributed by atoms with Crippen molar-refractivity contribution < 1.29 is 28.0 Å². The van der Waals surface area contributed by atoms with Crippen LogP contribution in [0.15, 0.2) is 53.5 Å². The highest BCUT2D eigenvalue weighted by molar-refractivity contribution is 6.10. The lowest BCUT2D eigenvalue weighted by Gasteiger charge is -2.47. The van der Waals surface area contributed by atoms with E-state index in [0.29, 0.717) is 11.0 Å². The molecule has 138 valence electrons. The molecular weight excluding hydrogens is 355 g/mol. The molecule has 1 aromatic rings. The van der Waals surface area contributed by atoms with Crippen molar-refractivity contribution in [1.29, 1.82) is 0 Å². The Morgan fingerprint density at radius 3 is 2.54 bits per heavy atom. The molecule has 0 bridgehead atoms. The summed E-state index contributed by atoms with van der Waals surface area (Å²) >= 11 is 0. The third-order valence-electron chi connectivity index (χ3n) is 4.28. The van der Waals surface area contributed by atoms with Crippen molar-refractivity contribution in [2.24, 2.45) is 0 Å². The molecule has 0 amide bonds. The maximum atomic E-state index is 13.8. The number of halogens is 3. The van der Waals surface area contributed by atoms with Gasteiger partial charge in [0, 0.05) is 24.7 Å². The van der Waals surface area contributed by atoms with E-state index in [1.165, 1.54) is 24.3 Å². The van der Waals surface area contributed by atoms with Crippen LogP contribution in [-0.4, -0.2) is 45.7 Å². The van der Waals surface area contributed by atoms with Crippen molar-refractivity contribution in [3.05, 3.63) is 69.2 Å². The van der Waals surface area contributed by atoms with Gasteiger partial charge < -0.3 is 15.3 Å². The fourth-order valence-corrected chi connectivity index (χ4v) is 3.07. The summed E-state index contributed by atoms with van der Waals surface area (Å²) in [5, 5.41) is 24.5. The number of alkyl halides is 3. The van der Waals surface area contributed by atoms with Gasteiger partial charge in [0.2, 0.25) is 0 Å². The molecule has 1 unspecified atom stereocenters. The lowest BCUT2D eigenvalue weighted by molar-refractivity contribution is -0.424. The molecule has 26 heavy (non-hydrogen) atoms. The van der Waals surface area contributed by atoms with Gasteiger partial charge in [-0.2, -0.15) is 13.2 Å². The van der Waals surface area contributed by atoms with Crippen LogP contribution in [0, 0.1) is 10.1 Å². The second-order valence-electron chi connectivity index (χ2n) is 5.85. The number of Topliss-reactive ketones (excluding diaryl/α,β-unsaturated/α-hetero) is 1. The summed E-state index contributed by atoms with van der Waals surface area (Å²) < 4.78 is 41.5. The standard InChI is InChI=1S/C16H14F3N3O4/c17-16(18,19)15(24)11(13(23)10-5-2-1-3-6-10)9-12(22(25)26)14-20-7-4-8-21(14)15/h1-3,5-6,9,20,24H,4,7-8H2. The van der Waals surface area contributed by atoms with E-state index in [-0.39, 0.29) is 25.1 Å². The molecule has 10 heteroatoms. The minimum absolute atomic E-state index is 0.113. The first kappa shape index (κ1) is 17.9. The first-order valence-electron chi connectivity index (χ1n) is 7.69. The maximum Gasteiger partial charge on any atom is 0.441 e. The van der Waals surface area contributed by atoms with Crippen molar-refractivity contribution >= 4 is 5.78 Å². The average molecular weight is 369 g/mol. The first-order valence-corrected chi connectivity index (χ1v) is 7.69. The van der Waals surface area contributed by atoms with Gasteiger partial charge in [-0.15, -0.1) is 0 Å². The van der Waals surface area contributed by atoms with E-state index in [1.807, 2.05) is 0 Å². The van der Waals surface area contributed by atoms with Gasteiger partial charge in [0.25, 0.3) is 5.72 Å². The highest BCUT2D eigenvalue weighted by atomic mass is 19.4. The first-order chi connectivity index (χ1) is 12.2. The van der Waals surface area contributed by atoms with Crippen LogP contribution < -0.4 is 5.32 Å². The number of aliphatic hydroxyl groups is 1. The normalized spacial score (nSPS) is 23.1. The molecule has 0 radical (unpaired) electrons. The Kier molecular flexibility index (Phi) is 4.23. The Morgan fingerprint density at radius 2 is 1.96 bits per heavy atom. The molecule has 1 saturated heterocycles. The number of fused-ring (bicyclic) bond motifs is 1. The van der Waals surface area contributed by atoms with Gasteiger partial charge in [-0.3, -0.25) is 14.9 Å². The number of rotatable bonds is 3. The van der Waals surface area contributed by atoms with Crippen molar-refractivity contribution in [3.8, 4) is 0 Å². The number of hydrogen-bond donors (Lipinski definition) is 2. The number of nitrogens with one attached hydrogen (secondary N) is 1. The van der Waals surface area contributed by atoms with Gasteiger partial charge in [0.1, 0.15) is 0 Å². The summed E-state index contributed by atoms with van der Waals surface area (Å²) in [6.45, 7) is -0.0813. The predicted octanol–water partition coefficient (Wildman–Crippen LogP) is 1.80. The monoisotopic (exact) mass is 369 g/mol. The van der Waals surface area contributed by atoms with Crippen LogP contribution in [0.1, 0.15) is 16.8 Å². The lowest BCUT2D eigenvalue weighted by Crippen LogP contribution is -2.65. The highest BCUT2D eigenvalue weighted by Crippen LogP contribution is 2.45. The SMILES string of the molecule is O=C(C1=CC([N+](=O)[O-])=C2NCCCN2C1(O)C(F)(F)F)c1ccccc1. The zero-order valence-electron chi connectivity index (χ0n) is 13.3. The molecule has 2 N–H and O–H groups in total. The average Bonchev–Trinajstić information content (AvgIpc) is 2.61. The molecule has 2 heterocycles. The minimum Gasteiger partial charge on any atom is -0.366 e. The topological polar surface area (TPSA) is 95.7 Å². The summed E-state index contributed by atoms with van der Waals surface area (Å²) in [6, 6.07) is 7.01. The molecule has 0 spiro atoms. The van der Waals surface area contributed by atoms with E-state index in [9.17, 15) is 33.2 Å². The smallest absolute Gasteiger partial charge is 0.366 e. The molecular formula is C16H14F3N3O4. The van der Waals surface area contributed by atoms with Gasteiger partial charge in [-0.25, -0.2) is 0 Å². The van der Waals surface area contributed by atoms with E-state index >= 15 is 0 Å². The maximum absolute atomic E-state index is 13.8. The number of benzene rings is 1. The number of allylic oxidation sites excluding steroid dienone is 1. The number of nitro groups is 1. The third-order valence-corrected chi connectivity index (χ3v) is 4.28. The largest absolute Gasteiger partial charge is 0.441 e. The van der Waals surface area contributed by atoms with E-state index in [1.54, 1.807) is 6.07 Å². The fourth-order valence-electron chi connectivity index (χ4n) is 3.07. The summed E-state index contributed by atoms with van der Waals surface area (Å²) in [7, 11) is 0. The Hall–Kier alpha value is -2.88.